The van der Waals surface area contributed by atoms with Crippen molar-refractivity contribution >= 4 is 46.3 Å². The summed E-state index contributed by atoms with van der Waals surface area (Å²) in [5, 5.41) is 18.0. The molecule has 182 valence electrons. The lowest BCUT2D eigenvalue weighted by Crippen LogP contribution is -2.34. The van der Waals surface area contributed by atoms with E-state index in [1.165, 1.54) is 10.8 Å². The molecule has 0 saturated heterocycles. The Kier molecular flexibility index (Phi) is 10.5. The largest absolute Gasteiger partial charge is 0.383 e. The predicted octanol–water partition coefficient (Wildman–Crippen LogP) is 0.107. The number of benzene rings is 1. The standard InChI is InChI=1S/C23H30N6O4S/c1-5-25-21(31)18(13-24)23-29(6-2)22(32)19(34-23)14-26-16-8-7-9-17(12-16)27-20(30)15-28(3)10-11-33-4/h7-9,12,14,26H,5-6,10-11,15H2,1-4H3,(H,25,31)(H,27,30)/b19-14+,23-18-. The summed E-state index contributed by atoms with van der Waals surface area (Å²) in [6.45, 7) is 5.65. The Morgan fingerprint density at radius 3 is 2.68 bits per heavy atom. The van der Waals surface area contributed by atoms with Crippen molar-refractivity contribution in [2.75, 3.05) is 51.0 Å². The summed E-state index contributed by atoms with van der Waals surface area (Å²) in [6.07, 6.45) is 1.54. The fourth-order valence-corrected chi connectivity index (χ4v) is 4.13. The molecule has 0 unspecified atom stereocenters. The maximum Gasteiger partial charge on any atom is 0.270 e. The first kappa shape index (κ1) is 26.8. The van der Waals surface area contributed by atoms with Crippen LogP contribution in [0.5, 0.6) is 0 Å². The smallest absolute Gasteiger partial charge is 0.270 e. The third kappa shape index (κ3) is 7.28. The number of carbonyl (C=O) groups excluding carboxylic acids is 2. The zero-order valence-corrected chi connectivity index (χ0v) is 20.6. The maximum absolute atomic E-state index is 12.8. The minimum absolute atomic E-state index is 0.0920. The molecule has 0 aliphatic heterocycles. The van der Waals surface area contributed by atoms with Gasteiger partial charge in [-0.3, -0.25) is 23.9 Å². The van der Waals surface area contributed by atoms with E-state index in [2.05, 4.69) is 16.0 Å². The van der Waals surface area contributed by atoms with Gasteiger partial charge in [-0.15, -0.1) is 11.3 Å². The first-order chi connectivity index (χ1) is 16.3. The SMILES string of the molecule is CCNC(=O)/C(C#N)=c1\s/c(=C/Nc2cccc(NC(=O)CN(C)CCOC)c2)c(=O)n1CC. The lowest BCUT2D eigenvalue weighted by Gasteiger charge is -2.15. The summed E-state index contributed by atoms with van der Waals surface area (Å²) in [5.74, 6) is -0.664. The van der Waals surface area contributed by atoms with Gasteiger partial charge < -0.3 is 20.7 Å². The molecule has 2 rings (SSSR count). The molecule has 10 nitrogen and oxygen atoms in total. The van der Waals surface area contributed by atoms with Crippen molar-refractivity contribution in [1.29, 1.82) is 5.26 Å². The van der Waals surface area contributed by atoms with Crippen LogP contribution in [-0.4, -0.2) is 61.7 Å². The zero-order valence-electron chi connectivity index (χ0n) is 19.8. The lowest BCUT2D eigenvalue weighted by atomic mass is 10.2. The second-order valence-electron chi connectivity index (χ2n) is 7.32. The Hall–Kier alpha value is -3.46. The molecule has 1 aromatic heterocycles. The van der Waals surface area contributed by atoms with E-state index in [-0.39, 0.29) is 23.6 Å². The first-order valence-corrected chi connectivity index (χ1v) is 11.6. The molecule has 0 atom stereocenters. The number of nitriles is 1. The quantitative estimate of drug-likeness (QED) is 0.411. The molecule has 11 heteroatoms. The van der Waals surface area contributed by atoms with Crippen LogP contribution in [-0.2, 0) is 20.9 Å². The molecule has 34 heavy (non-hydrogen) atoms. The van der Waals surface area contributed by atoms with E-state index in [1.54, 1.807) is 45.2 Å². The normalized spacial score (nSPS) is 12.3. The van der Waals surface area contributed by atoms with E-state index in [4.69, 9.17) is 4.74 Å². The Bertz CT molecular complexity index is 1230. The van der Waals surface area contributed by atoms with Gasteiger partial charge in [-0.1, -0.05) is 6.07 Å². The fourth-order valence-electron chi connectivity index (χ4n) is 3.04. The van der Waals surface area contributed by atoms with E-state index >= 15 is 0 Å². The maximum atomic E-state index is 12.8. The van der Waals surface area contributed by atoms with Crippen LogP contribution in [0.2, 0.25) is 0 Å². The van der Waals surface area contributed by atoms with Gasteiger partial charge in [0.25, 0.3) is 11.5 Å². The van der Waals surface area contributed by atoms with Gasteiger partial charge in [0, 0.05) is 44.3 Å². The van der Waals surface area contributed by atoms with Gasteiger partial charge in [-0.2, -0.15) is 5.26 Å². The highest BCUT2D eigenvalue weighted by atomic mass is 32.1. The monoisotopic (exact) mass is 486 g/mol. The number of nitrogens with one attached hydrogen (secondary N) is 3. The van der Waals surface area contributed by atoms with Crippen LogP contribution in [0.3, 0.4) is 0 Å². The Morgan fingerprint density at radius 1 is 1.29 bits per heavy atom. The number of ether oxygens (including phenoxy) is 1. The summed E-state index contributed by atoms with van der Waals surface area (Å²) in [5.41, 5.74) is 0.884. The number of anilines is 2. The molecule has 0 bridgehead atoms. The van der Waals surface area contributed by atoms with Crippen LogP contribution in [0.15, 0.2) is 29.1 Å². The summed E-state index contributed by atoms with van der Waals surface area (Å²) in [6, 6.07) is 9.01. The van der Waals surface area contributed by atoms with Crippen LogP contribution >= 0.6 is 11.3 Å². The zero-order chi connectivity index (χ0) is 25.1. The number of amides is 2. The fraction of sp³-hybridized carbons (Fsp3) is 0.391. The summed E-state index contributed by atoms with van der Waals surface area (Å²) < 4.78 is 7.08. The van der Waals surface area contributed by atoms with Gasteiger partial charge in [-0.25, -0.2) is 0 Å². The van der Waals surface area contributed by atoms with Crippen LogP contribution in [0, 0.1) is 11.3 Å². The molecule has 0 fully saturated rings. The minimum atomic E-state index is -0.510. The van der Waals surface area contributed by atoms with E-state index in [9.17, 15) is 19.6 Å². The average Bonchev–Trinajstić information content (AvgIpc) is 3.12. The highest BCUT2D eigenvalue weighted by molar-refractivity contribution is 7.07. The van der Waals surface area contributed by atoms with Crippen LogP contribution < -0.4 is 30.7 Å². The van der Waals surface area contributed by atoms with Crippen molar-refractivity contribution in [1.82, 2.24) is 14.8 Å². The van der Waals surface area contributed by atoms with Gasteiger partial charge >= 0.3 is 0 Å². The number of methoxy groups -OCH3 is 1. The van der Waals surface area contributed by atoms with Crippen molar-refractivity contribution in [3.63, 3.8) is 0 Å². The van der Waals surface area contributed by atoms with Crippen LogP contribution in [0.4, 0.5) is 11.4 Å². The Morgan fingerprint density at radius 2 is 2.03 bits per heavy atom. The summed E-state index contributed by atoms with van der Waals surface area (Å²) >= 11 is 1.07. The molecule has 2 aromatic rings. The van der Waals surface area contributed by atoms with Gasteiger partial charge in [0.15, 0.2) is 5.57 Å². The Balaban J connectivity index is 2.26. The molecule has 0 aliphatic carbocycles. The molecule has 1 aromatic carbocycles. The number of hydrogen-bond acceptors (Lipinski definition) is 8. The molecule has 0 saturated carbocycles. The van der Waals surface area contributed by atoms with E-state index < -0.39 is 5.91 Å². The Labute approximate surface area is 202 Å². The van der Waals surface area contributed by atoms with E-state index in [0.717, 1.165) is 11.3 Å². The third-order valence-corrected chi connectivity index (χ3v) is 5.85. The van der Waals surface area contributed by atoms with Crippen molar-refractivity contribution in [3.05, 3.63) is 43.8 Å². The molecule has 1 heterocycles. The number of aromatic nitrogens is 1. The van der Waals surface area contributed by atoms with Crippen LogP contribution in [0.1, 0.15) is 13.8 Å². The number of thiazole rings is 1. The van der Waals surface area contributed by atoms with E-state index in [0.29, 0.717) is 46.8 Å². The molecular formula is C23H30N6O4S. The molecule has 3 N–H and O–H groups in total. The van der Waals surface area contributed by atoms with Crippen molar-refractivity contribution in [2.24, 2.45) is 0 Å². The third-order valence-electron chi connectivity index (χ3n) is 4.72. The average molecular weight is 487 g/mol. The topological polar surface area (TPSA) is 128 Å². The number of rotatable bonds is 11. The van der Waals surface area contributed by atoms with Crippen molar-refractivity contribution < 1.29 is 14.3 Å². The molecule has 2 amide bonds. The molecule has 0 spiro atoms. The van der Waals surface area contributed by atoms with Crippen molar-refractivity contribution in [2.45, 2.75) is 20.4 Å². The van der Waals surface area contributed by atoms with Gasteiger partial charge in [0.1, 0.15) is 15.3 Å². The number of carbonyl (C=O) groups is 2. The molecule has 0 aliphatic rings. The summed E-state index contributed by atoms with van der Waals surface area (Å²) in [7, 11) is 3.45. The second-order valence-corrected chi connectivity index (χ2v) is 8.35. The number of nitrogens with zero attached hydrogens (tertiary/aromatic N) is 3. The molecular weight excluding hydrogens is 456 g/mol. The van der Waals surface area contributed by atoms with Gasteiger partial charge in [-0.05, 0) is 39.1 Å². The second kappa shape index (κ2) is 13.3. The first-order valence-electron chi connectivity index (χ1n) is 10.8. The highest BCUT2D eigenvalue weighted by Crippen LogP contribution is 2.15. The van der Waals surface area contributed by atoms with Crippen LogP contribution in [0.25, 0.3) is 11.8 Å². The van der Waals surface area contributed by atoms with Crippen molar-refractivity contribution in [3.8, 4) is 6.07 Å². The number of likely N-dealkylation sites (N-methyl/N-ethyl adjacent to an activating group) is 1. The summed E-state index contributed by atoms with van der Waals surface area (Å²) in [4.78, 5) is 39.2. The lowest BCUT2D eigenvalue weighted by molar-refractivity contribution is -0.117. The van der Waals surface area contributed by atoms with E-state index in [1.807, 2.05) is 18.0 Å². The van der Waals surface area contributed by atoms with Gasteiger partial charge in [0.05, 0.1) is 13.2 Å². The highest BCUT2D eigenvalue weighted by Gasteiger charge is 2.14. The molecule has 0 radical (unpaired) electrons. The van der Waals surface area contributed by atoms with Gasteiger partial charge in [0.2, 0.25) is 5.91 Å². The predicted molar refractivity (Wildman–Crippen MR) is 134 cm³/mol. The minimum Gasteiger partial charge on any atom is -0.383 e. The number of hydrogen-bond donors (Lipinski definition) is 3.